The van der Waals surface area contributed by atoms with E-state index in [0.717, 1.165) is 22.0 Å². The lowest BCUT2D eigenvalue weighted by atomic mass is 10.1. The number of benzene rings is 1. The van der Waals surface area contributed by atoms with Crippen molar-refractivity contribution in [1.29, 1.82) is 0 Å². The fourth-order valence-electron chi connectivity index (χ4n) is 2.12. The fraction of sp³-hybridized carbons (Fsp3) is 0.0769. The zero-order chi connectivity index (χ0) is 12.7. The van der Waals surface area contributed by atoms with Crippen LogP contribution in [0.25, 0.3) is 22.0 Å². The van der Waals surface area contributed by atoms with Crippen LogP contribution in [0.5, 0.6) is 11.8 Å². The quantitative estimate of drug-likeness (QED) is 0.477. The molecule has 5 N–H and O–H groups in total. The molecular formula is C13H12N2O3. The van der Waals surface area contributed by atoms with Crippen LogP contribution in [0.4, 0.5) is 0 Å². The molecule has 0 aliphatic heterocycles. The van der Waals surface area contributed by atoms with Crippen molar-refractivity contribution in [3.8, 4) is 22.9 Å². The molecule has 0 amide bonds. The lowest BCUT2D eigenvalue weighted by molar-refractivity contribution is 0.282. The highest BCUT2D eigenvalue weighted by molar-refractivity contribution is 5.97. The van der Waals surface area contributed by atoms with Gasteiger partial charge in [0, 0.05) is 34.3 Å². The number of H-pyrrole nitrogens is 2. The number of hydrogen-bond acceptors (Lipinski definition) is 3. The van der Waals surface area contributed by atoms with Crippen molar-refractivity contribution in [2.75, 3.05) is 0 Å². The maximum Gasteiger partial charge on any atom is 0.199 e. The lowest BCUT2D eigenvalue weighted by Gasteiger charge is -1.99. The Morgan fingerprint density at radius 1 is 1.06 bits per heavy atom. The Balaban J connectivity index is 2.25. The van der Waals surface area contributed by atoms with Crippen molar-refractivity contribution in [3.63, 3.8) is 0 Å². The summed E-state index contributed by atoms with van der Waals surface area (Å²) >= 11 is 0. The summed E-state index contributed by atoms with van der Waals surface area (Å²) in [5.74, 6) is -0.169. The van der Waals surface area contributed by atoms with Crippen LogP contribution in [0.3, 0.4) is 0 Å². The van der Waals surface area contributed by atoms with Gasteiger partial charge in [0.25, 0.3) is 0 Å². The van der Waals surface area contributed by atoms with Crippen LogP contribution in [0.15, 0.2) is 30.5 Å². The molecule has 2 heterocycles. The van der Waals surface area contributed by atoms with Gasteiger partial charge >= 0.3 is 0 Å². The van der Waals surface area contributed by atoms with Crippen LogP contribution in [0.2, 0.25) is 0 Å². The summed E-state index contributed by atoms with van der Waals surface area (Å²) in [5, 5.41) is 29.1. The second-order valence-corrected chi connectivity index (χ2v) is 4.16. The number of nitrogens with one attached hydrogen (secondary N) is 2. The van der Waals surface area contributed by atoms with E-state index in [9.17, 15) is 10.2 Å². The van der Waals surface area contributed by atoms with E-state index in [2.05, 4.69) is 9.97 Å². The number of aliphatic hydroxyl groups excluding tert-OH is 1. The highest BCUT2D eigenvalue weighted by atomic mass is 16.3. The van der Waals surface area contributed by atoms with Gasteiger partial charge in [-0.3, -0.25) is 4.98 Å². The molecule has 1 aromatic carbocycles. The predicted octanol–water partition coefficient (Wildman–Crippen LogP) is 2.07. The van der Waals surface area contributed by atoms with Gasteiger partial charge in [-0.05, 0) is 17.7 Å². The minimum Gasteiger partial charge on any atom is -0.494 e. The molecule has 0 aliphatic rings. The van der Waals surface area contributed by atoms with Gasteiger partial charge in [0.15, 0.2) is 11.8 Å². The minimum atomic E-state index is -0.0878. The first-order chi connectivity index (χ1) is 8.69. The molecule has 0 unspecified atom stereocenters. The van der Waals surface area contributed by atoms with Crippen molar-refractivity contribution in [1.82, 2.24) is 9.97 Å². The van der Waals surface area contributed by atoms with Crippen LogP contribution in [-0.4, -0.2) is 25.3 Å². The van der Waals surface area contributed by atoms with Gasteiger partial charge in [-0.15, -0.1) is 0 Å². The molecule has 2 aromatic heterocycles. The van der Waals surface area contributed by atoms with Gasteiger partial charge in [0.2, 0.25) is 0 Å². The molecule has 0 saturated carbocycles. The lowest BCUT2D eigenvalue weighted by Crippen LogP contribution is -1.82. The van der Waals surface area contributed by atoms with Crippen LogP contribution in [0.1, 0.15) is 5.56 Å². The number of aromatic amines is 2. The Morgan fingerprint density at radius 2 is 1.89 bits per heavy atom. The van der Waals surface area contributed by atoms with Crippen LogP contribution < -0.4 is 0 Å². The van der Waals surface area contributed by atoms with E-state index in [-0.39, 0.29) is 18.4 Å². The summed E-state index contributed by atoms with van der Waals surface area (Å²) in [5.41, 5.74) is 2.99. The number of hydrogen-bond donors (Lipinski definition) is 5. The van der Waals surface area contributed by atoms with Crippen molar-refractivity contribution in [2.24, 2.45) is 0 Å². The van der Waals surface area contributed by atoms with Crippen molar-refractivity contribution in [2.45, 2.75) is 6.61 Å². The molecule has 0 spiro atoms. The number of aliphatic hydroxyl groups is 1. The van der Waals surface area contributed by atoms with Crippen molar-refractivity contribution in [3.05, 3.63) is 36.0 Å². The summed E-state index contributed by atoms with van der Waals surface area (Å²) in [6, 6.07) is 7.01. The number of fused-ring (bicyclic) bond motifs is 1. The summed E-state index contributed by atoms with van der Waals surface area (Å²) in [4.78, 5) is 5.52. The number of aromatic hydroxyl groups is 2. The first-order valence-corrected chi connectivity index (χ1v) is 5.51. The standard InChI is InChI=1S/C13H12N2O3/c16-6-7-1-2-11-8(3-7)10(5-14-11)9-4-12(17)15-13(9)18/h1-5,14-18H,6H2. The Morgan fingerprint density at radius 3 is 2.56 bits per heavy atom. The third-order valence-corrected chi connectivity index (χ3v) is 3.00. The normalized spacial score (nSPS) is 11.2. The molecule has 3 aromatic rings. The van der Waals surface area contributed by atoms with Crippen molar-refractivity contribution >= 4 is 10.9 Å². The monoisotopic (exact) mass is 244 g/mol. The maximum absolute atomic E-state index is 9.71. The highest BCUT2D eigenvalue weighted by Gasteiger charge is 2.13. The van der Waals surface area contributed by atoms with Gasteiger partial charge in [-0.1, -0.05) is 6.07 Å². The molecule has 0 atom stereocenters. The Hall–Kier alpha value is -2.40. The molecule has 0 radical (unpaired) electrons. The summed E-state index contributed by atoms with van der Waals surface area (Å²) in [7, 11) is 0. The summed E-state index contributed by atoms with van der Waals surface area (Å²) in [6.07, 6.45) is 1.76. The van der Waals surface area contributed by atoms with E-state index in [1.54, 1.807) is 6.20 Å². The molecule has 92 valence electrons. The van der Waals surface area contributed by atoms with E-state index in [1.165, 1.54) is 6.07 Å². The maximum atomic E-state index is 9.71. The molecule has 0 bridgehead atoms. The highest BCUT2D eigenvalue weighted by Crippen LogP contribution is 2.36. The molecule has 0 saturated heterocycles. The average molecular weight is 244 g/mol. The molecule has 5 heteroatoms. The second-order valence-electron chi connectivity index (χ2n) is 4.16. The Bertz CT molecular complexity index is 712. The largest absolute Gasteiger partial charge is 0.494 e. The molecule has 5 nitrogen and oxygen atoms in total. The molecule has 18 heavy (non-hydrogen) atoms. The first kappa shape index (κ1) is 10.7. The van der Waals surface area contributed by atoms with E-state index in [0.29, 0.717) is 5.56 Å². The number of aromatic nitrogens is 2. The van der Waals surface area contributed by atoms with Gasteiger partial charge in [-0.25, -0.2) is 0 Å². The van der Waals surface area contributed by atoms with Gasteiger partial charge in [-0.2, -0.15) is 0 Å². The summed E-state index contributed by atoms with van der Waals surface area (Å²) < 4.78 is 0. The molecule has 0 fully saturated rings. The SMILES string of the molecule is OCc1ccc2[nH]cc(-c3cc(O)[nH]c3O)c2c1. The van der Waals surface area contributed by atoms with Crippen LogP contribution in [-0.2, 0) is 6.61 Å². The Kier molecular flexibility index (Phi) is 2.28. The van der Waals surface area contributed by atoms with Crippen molar-refractivity contribution < 1.29 is 15.3 Å². The smallest absolute Gasteiger partial charge is 0.199 e. The van der Waals surface area contributed by atoms with E-state index >= 15 is 0 Å². The number of rotatable bonds is 2. The second kappa shape index (κ2) is 3.82. The van der Waals surface area contributed by atoms with Gasteiger partial charge in [0.05, 0.1) is 6.61 Å². The average Bonchev–Trinajstić information content (AvgIpc) is 2.91. The van der Waals surface area contributed by atoms with Gasteiger partial charge < -0.3 is 20.3 Å². The first-order valence-electron chi connectivity index (χ1n) is 5.51. The zero-order valence-electron chi connectivity index (χ0n) is 9.44. The van der Waals surface area contributed by atoms with E-state index in [4.69, 9.17) is 5.11 Å². The third-order valence-electron chi connectivity index (χ3n) is 3.00. The molecule has 0 aliphatic carbocycles. The topological polar surface area (TPSA) is 92.3 Å². The van der Waals surface area contributed by atoms with E-state index < -0.39 is 0 Å². The summed E-state index contributed by atoms with van der Waals surface area (Å²) in [6.45, 7) is -0.0368. The zero-order valence-corrected chi connectivity index (χ0v) is 9.44. The third kappa shape index (κ3) is 1.53. The fourth-order valence-corrected chi connectivity index (χ4v) is 2.12. The van der Waals surface area contributed by atoms with Gasteiger partial charge in [0.1, 0.15) is 0 Å². The molecular weight excluding hydrogens is 232 g/mol. The van der Waals surface area contributed by atoms with E-state index in [1.807, 2.05) is 18.2 Å². The molecule has 3 rings (SSSR count). The minimum absolute atomic E-state index is 0.0368. The van der Waals surface area contributed by atoms with Crippen LogP contribution >= 0.6 is 0 Å². The predicted molar refractivity (Wildman–Crippen MR) is 67.3 cm³/mol. The Labute approximate surface area is 102 Å². The van der Waals surface area contributed by atoms with Crippen LogP contribution in [0, 0.1) is 0 Å².